The summed E-state index contributed by atoms with van der Waals surface area (Å²) in [7, 11) is 0. The van der Waals surface area contributed by atoms with Crippen molar-refractivity contribution in [2.24, 2.45) is 0 Å². The van der Waals surface area contributed by atoms with Crippen molar-refractivity contribution in [1.82, 2.24) is 9.13 Å². The number of rotatable bonds is 14. The van der Waals surface area contributed by atoms with E-state index in [1.54, 1.807) is 28.7 Å². The molecule has 129 heavy (non-hydrogen) atoms. The van der Waals surface area contributed by atoms with Crippen molar-refractivity contribution >= 4 is 176 Å². The van der Waals surface area contributed by atoms with Gasteiger partial charge in [-0.05, 0) is 163 Å². The van der Waals surface area contributed by atoms with Crippen LogP contribution in [-0.4, -0.2) is 38.1 Å². The van der Waals surface area contributed by atoms with Crippen molar-refractivity contribution in [2.75, 3.05) is 14.7 Å². The van der Waals surface area contributed by atoms with Crippen LogP contribution >= 0.6 is 22.7 Å². The number of benzene rings is 15. The molecule has 0 N–H and O–H groups in total. The van der Waals surface area contributed by atoms with Crippen LogP contribution in [0.15, 0.2) is 446 Å². The minimum absolute atomic E-state index is 0.311. The van der Waals surface area contributed by atoms with Gasteiger partial charge in [0.2, 0.25) is 0 Å². The van der Waals surface area contributed by atoms with Crippen LogP contribution in [0.5, 0.6) is 0 Å². The molecule has 0 aliphatic carbocycles. The van der Waals surface area contributed by atoms with E-state index in [0.29, 0.717) is 45.9 Å². The van der Waals surface area contributed by atoms with Crippen LogP contribution in [0.25, 0.3) is 116 Å². The van der Waals surface area contributed by atoms with Crippen molar-refractivity contribution in [2.45, 2.75) is 0 Å². The molecule has 0 spiro atoms. The van der Waals surface area contributed by atoms with Crippen molar-refractivity contribution in [3.63, 3.8) is 0 Å². The first-order chi connectivity index (χ1) is 63.7. The molecule has 0 bridgehead atoms. The Labute approximate surface area is 769 Å². The van der Waals surface area contributed by atoms with Gasteiger partial charge >= 0.3 is 183 Å². The SMILES string of the molecule is C#Cc1cc2[se]c(-c3cccc(N(c4ccccc4)c4ccccc4)c3)cc2[se]1.C#Cc1cc2oc(-c3cccc(N(c4ccccc4)c4ccccc4)c3)cc2o1.C#Cc1cc2sc(-c3cccc(N(c4ccccc4)c4ccccc4)c3)cc2s1.C#Cc1ccc(-n2c3ccccc3c3ccccc32)cc1.C#Cc1cccc(-n2c3ccccc3c3ccccc32)c1. The number of anilines is 9. The molecule has 0 atom stereocenters. The van der Waals surface area contributed by atoms with E-state index >= 15 is 0 Å². The smallest absolute Gasteiger partial charge is 0.181 e. The topological polar surface area (TPSA) is 45.9 Å². The number of nitrogens with zero attached hydrogens (tertiary/aromatic N) is 5. The largest absolute Gasteiger partial charge is 0.452 e. The number of furan rings is 2. The second kappa shape index (κ2) is 38.1. The molecular formula is C118H77N5O2S2Se2. The quantitative estimate of drug-likeness (QED) is 0.0802. The first kappa shape index (κ1) is 82.4. The minimum atomic E-state index is 0.311. The van der Waals surface area contributed by atoms with Gasteiger partial charge in [-0.1, -0.05) is 194 Å². The molecule has 610 valence electrons. The van der Waals surface area contributed by atoms with Gasteiger partial charge in [-0.25, -0.2) is 0 Å². The molecule has 0 radical (unpaired) electrons. The third-order valence-electron chi connectivity index (χ3n) is 22.0. The Bertz CT molecular complexity index is 7330. The van der Waals surface area contributed by atoms with Crippen LogP contribution in [-0.2, 0) is 0 Å². The second-order valence-corrected chi connectivity index (χ2v) is 36.8. The Hall–Kier alpha value is -16.2. The average Bonchev–Trinajstić information content (AvgIpc) is 1.60. The molecule has 23 aromatic rings. The normalized spacial score (nSPS) is 10.8. The number of hydrogen-bond acceptors (Lipinski definition) is 7. The van der Waals surface area contributed by atoms with Gasteiger partial charge in [0.05, 0.1) is 26.9 Å². The van der Waals surface area contributed by atoms with Gasteiger partial charge in [-0.3, -0.25) is 0 Å². The fourth-order valence-corrected chi connectivity index (χ4v) is 23.8. The van der Waals surface area contributed by atoms with Crippen molar-refractivity contribution in [3.05, 3.63) is 463 Å². The molecule has 11 heteroatoms. The summed E-state index contributed by atoms with van der Waals surface area (Å²) in [5.41, 5.74) is 23.8. The number of fused-ring (bicyclic) bond motifs is 9. The molecule has 0 amide bonds. The van der Waals surface area contributed by atoms with Crippen molar-refractivity contribution < 1.29 is 8.83 Å². The van der Waals surface area contributed by atoms with Gasteiger partial charge in [-0.15, -0.1) is 48.4 Å². The van der Waals surface area contributed by atoms with Gasteiger partial charge in [-0.2, -0.15) is 0 Å². The first-order valence-corrected chi connectivity index (χ1v) is 46.9. The number of aromatic nitrogens is 2. The van der Waals surface area contributed by atoms with Gasteiger partial charge in [0.15, 0.2) is 16.9 Å². The number of para-hydroxylation sites is 10. The summed E-state index contributed by atoms with van der Waals surface area (Å²) in [5, 5.41) is 5.07. The van der Waals surface area contributed by atoms with Crippen molar-refractivity contribution in [1.29, 1.82) is 0 Å². The second-order valence-electron chi connectivity index (χ2n) is 30.1. The molecule has 0 fully saturated rings. The van der Waals surface area contributed by atoms with Crippen LogP contribution in [0.3, 0.4) is 0 Å². The predicted octanol–water partition coefficient (Wildman–Crippen LogP) is 30.8. The molecule has 0 unspecified atom stereocenters. The summed E-state index contributed by atoms with van der Waals surface area (Å²) in [6, 6.07) is 151. The maximum atomic E-state index is 5.97. The molecule has 23 rings (SSSR count). The van der Waals surface area contributed by atoms with Crippen LogP contribution in [0.4, 0.5) is 51.2 Å². The molecule has 0 saturated carbocycles. The first-order valence-electron chi connectivity index (χ1n) is 41.8. The Kier molecular flexibility index (Phi) is 24.4. The molecular weight excluding hydrogens is 1740 g/mol. The van der Waals surface area contributed by atoms with E-state index in [9.17, 15) is 0 Å². The molecule has 0 saturated heterocycles. The number of hydrogen-bond donors (Lipinski definition) is 0. The van der Waals surface area contributed by atoms with E-state index < -0.39 is 0 Å². The standard InChI is InChI=1S/C26H17NO2.C26H17NS2.C26H17NSe2.2C20H13N/c3*1-2-23-17-25-26(28-23)18-24(29-25)19-10-9-15-22(16-19)27(20-11-5-3-6-12-20)21-13-7-4-8-14-21;1-2-15-8-7-9-16(14-15)21-19-12-5-3-10-17(19)18-11-4-6-13-20(18)21;1-2-15-11-13-16(14-12-15)21-19-9-5-3-7-17(19)18-8-4-6-10-20(18)21/h3*1,3-18H;2*1,3-14H. The van der Waals surface area contributed by atoms with E-state index in [0.717, 1.165) is 84.2 Å². The van der Waals surface area contributed by atoms with Crippen LogP contribution in [0.1, 0.15) is 26.2 Å². The van der Waals surface area contributed by atoms with E-state index in [1.807, 2.05) is 91.0 Å². The molecule has 7 nitrogen and oxygen atoms in total. The minimum Gasteiger partial charge on any atom is -0.452 e. The summed E-state index contributed by atoms with van der Waals surface area (Å²) in [4.78, 5) is 9.07. The number of thiophene rings is 2. The molecule has 8 aromatic heterocycles. The summed E-state index contributed by atoms with van der Waals surface area (Å²) in [5.74, 6) is 14.6. The van der Waals surface area contributed by atoms with Crippen LogP contribution < -0.4 is 14.7 Å². The van der Waals surface area contributed by atoms with Gasteiger partial charge < -0.3 is 27.8 Å². The maximum absolute atomic E-state index is 5.97. The fourth-order valence-electron chi connectivity index (χ4n) is 16.2. The zero-order valence-electron chi connectivity index (χ0n) is 69.6. The average molecular weight is 1820 g/mol. The van der Waals surface area contributed by atoms with E-state index in [1.165, 1.54) is 92.1 Å². The summed E-state index contributed by atoms with van der Waals surface area (Å²) in [6.07, 6.45) is 27.5. The van der Waals surface area contributed by atoms with Gasteiger partial charge in [0, 0.05) is 110 Å². The van der Waals surface area contributed by atoms with Crippen molar-refractivity contribution in [3.8, 4) is 105 Å². The zero-order chi connectivity index (χ0) is 87.4. The monoisotopic (exact) mass is 1820 g/mol. The molecule has 0 aliphatic rings. The Balaban J connectivity index is 0.000000105. The molecule has 15 aromatic carbocycles. The fraction of sp³-hybridized carbons (Fsp3) is 0. The van der Waals surface area contributed by atoms with Gasteiger partial charge in [0.1, 0.15) is 5.76 Å². The summed E-state index contributed by atoms with van der Waals surface area (Å²) < 4.78 is 24.2. The van der Waals surface area contributed by atoms with E-state index in [2.05, 4.69) is 393 Å². The Morgan fingerprint density at radius 1 is 0.264 bits per heavy atom. The van der Waals surface area contributed by atoms with Gasteiger partial charge in [0.25, 0.3) is 0 Å². The van der Waals surface area contributed by atoms with Crippen LogP contribution in [0.2, 0.25) is 0 Å². The summed E-state index contributed by atoms with van der Waals surface area (Å²) in [6.45, 7) is 0. The summed E-state index contributed by atoms with van der Waals surface area (Å²) >= 11 is 4.12. The Morgan fingerprint density at radius 3 is 1.09 bits per heavy atom. The van der Waals surface area contributed by atoms with E-state index in [-0.39, 0.29) is 0 Å². The zero-order valence-corrected chi connectivity index (χ0v) is 74.7. The maximum Gasteiger partial charge on any atom is 0.181 e. The molecule has 8 heterocycles. The van der Waals surface area contributed by atoms with Crippen LogP contribution in [0, 0.1) is 61.7 Å². The predicted molar refractivity (Wildman–Crippen MR) is 548 cm³/mol. The Morgan fingerprint density at radius 2 is 0.659 bits per heavy atom. The molecule has 0 aliphatic heterocycles. The third-order valence-corrected chi connectivity index (χ3v) is 29.5. The number of terminal acetylenes is 5. The van der Waals surface area contributed by atoms with E-state index in [4.69, 9.17) is 41.0 Å². The third kappa shape index (κ3) is 17.7.